The predicted octanol–water partition coefficient (Wildman–Crippen LogP) is 0.308. The number of piperidine rings is 1. The summed E-state index contributed by atoms with van der Waals surface area (Å²) in [6, 6.07) is 1.83. The molecule has 6 heteroatoms. The van der Waals surface area contributed by atoms with E-state index in [0.717, 1.165) is 31.6 Å². The molecule has 1 amide bonds. The maximum atomic E-state index is 12.4. The number of aryl methyl sites for hydroxylation is 2. The molecule has 2 N–H and O–H groups in total. The number of carbonyl (C=O) groups is 1. The third kappa shape index (κ3) is 3.33. The molecule has 0 bridgehead atoms. The van der Waals surface area contributed by atoms with Crippen LogP contribution in [0.4, 0.5) is 0 Å². The molecule has 2 rings (SSSR count). The summed E-state index contributed by atoms with van der Waals surface area (Å²) in [5.74, 6) is 0.0559. The monoisotopic (exact) mass is 266 g/mol. The summed E-state index contributed by atoms with van der Waals surface area (Å²) in [4.78, 5) is 14.2. The second-order valence-corrected chi connectivity index (χ2v) is 4.95. The maximum absolute atomic E-state index is 12.4. The van der Waals surface area contributed by atoms with Crippen LogP contribution in [0.1, 0.15) is 29.0 Å². The van der Waals surface area contributed by atoms with E-state index in [0.29, 0.717) is 18.8 Å². The second kappa shape index (κ2) is 6.16. The van der Waals surface area contributed by atoms with Gasteiger partial charge in [0.25, 0.3) is 5.91 Å². The number of amides is 1. The van der Waals surface area contributed by atoms with Crippen molar-refractivity contribution in [1.29, 1.82) is 0 Å². The van der Waals surface area contributed by atoms with Gasteiger partial charge in [-0.25, -0.2) is 0 Å². The average Bonchev–Trinajstić information content (AvgIpc) is 2.75. The van der Waals surface area contributed by atoms with Gasteiger partial charge in [0.05, 0.1) is 18.4 Å². The Bertz CT molecular complexity index is 436. The van der Waals surface area contributed by atoms with Crippen LogP contribution >= 0.6 is 0 Å². The predicted molar refractivity (Wildman–Crippen MR) is 71.9 cm³/mol. The Morgan fingerprint density at radius 3 is 2.74 bits per heavy atom. The lowest BCUT2D eigenvalue weighted by atomic mass is 10.1. The topological polar surface area (TPSA) is 73.4 Å². The van der Waals surface area contributed by atoms with Crippen LogP contribution in [0, 0.1) is 6.92 Å². The van der Waals surface area contributed by atoms with Crippen LogP contribution in [-0.2, 0) is 11.8 Å². The molecule has 0 aromatic carbocycles. The summed E-state index contributed by atoms with van der Waals surface area (Å²) < 4.78 is 7.26. The number of hydrogen-bond acceptors (Lipinski definition) is 4. The fourth-order valence-corrected chi connectivity index (χ4v) is 2.43. The molecular formula is C13H22N4O2. The average molecular weight is 266 g/mol. The van der Waals surface area contributed by atoms with E-state index in [2.05, 4.69) is 5.10 Å². The number of nitrogens with two attached hydrogens (primary N) is 1. The number of ether oxygens (including phenoxy) is 1. The summed E-state index contributed by atoms with van der Waals surface area (Å²) in [6.07, 6.45) is 1.99. The van der Waals surface area contributed by atoms with Crippen LogP contribution < -0.4 is 5.73 Å². The van der Waals surface area contributed by atoms with E-state index in [1.54, 1.807) is 11.7 Å². The molecule has 0 radical (unpaired) electrons. The lowest BCUT2D eigenvalue weighted by Crippen LogP contribution is -2.41. The van der Waals surface area contributed by atoms with E-state index in [9.17, 15) is 4.79 Å². The van der Waals surface area contributed by atoms with Gasteiger partial charge in [-0.15, -0.1) is 0 Å². The molecule has 0 saturated carbocycles. The van der Waals surface area contributed by atoms with E-state index in [1.165, 1.54) is 0 Å². The lowest BCUT2D eigenvalue weighted by Gasteiger charge is -2.31. The molecule has 1 aromatic heterocycles. The highest BCUT2D eigenvalue weighted by atomic mass is 16.5. The van der Waals surface area contributed by atoms with E-state index in [1.807, 2.05) is 17.9 Å². The van der Waals surface area contributed by atoms with Crippen molar-refractivity contribution in [2.24, 2.45) is 12.8 Å². The molecule has 19 heavy (non-hydrogen) atoms. The highest BCUT2D eigenvalue weighted by molar-refractivity contribution is 5.92. The van der Waals surface area contributed by atoms with Crippen molar-refractivity contribution in [3.05, 3.63) is 17.5 Å². The van der Waals surface area contributed by atoms with Crippen LogP contribution in [-0.4, -0.2) is 52.9 Å². The summed E-state index contributed by atoms with van der Waals surface area (Å²) >= 11 is 0. The SMILES string of the molecule is Cc1cc(C(=O)N2CCC(OCCN)CC2)n(C)n1. The minimum atomic E-state index is 0.0559. The van der Waals surface area contributed by atoms with Crippen molar-refractivity contribution in [2.45, 2.75) is 25.9 Å². The first kappa shape index (κ1) is 14.0. The number of likely N-dealkylation sites (tertiary alicyclic amines) is 1. The first-order valence-electron chi connectivity index (χ1n) is 6.73. The molecule has 6 nitrogen and oxygen atoms in total. The first-order chi connectivity index (χ1) is 9.11. The number of aromatic nitrogens is 2. The zero-order valence-electron chi connectivity index (χ0n) is 11.6. The van der Waals surface area contributed by atoms with Crippen molar-refractivity contribution in [2.75, 3.05) is 26.2 Å². The van der Waals surface area contributed by atoms with Crippen LogP contribution in [0.25, 0.3) is 0 Å². The van der Waals surface area contributed by atoms with Crippen molar-refractivity contribution in [3.63, 3.8) is 0 Å². The van der Waals surface area contributed by atoms with Gasteiger partial charge in [0, 0.05) is 26.7 Å². The van der Waals surface area contributed by atoms with Crippen molar-refractivity contribution in [3.8, 4) is 0 Å². The summed E-state index contributed by atoms with van der Waals surface area (Å²) in [5.41, 5.74) is 6.94. The third-order valence-corrected chi connectivity index (χ3v) is 3.42. The summed E-state index contributed by atoms with van der Waals surface area (Å²) in [5, 5.41) is 4.21. The van der Waals surface area contributed by atoms with Gasteiger partial charge in [-0.3, -0.25) is 9.48 Å². The van der Waals surface area contributed by atoms with Gasteiger partial charge < -0.3 is 15.4 Å². The molecule has 1 aromatic rings. The minimum absolute atomic E-state index is 0.0559. The standard InChI is InChI=1S/C13H22N4O2/c1-10-9-12(16(2)15-10)13(18)17-6-3-11(4-7-17)19-8-5-14/h9,11H,3-8,14H2,1-2H3. The van der Waals surface area contributed by atoms with Gasteiger partial charge in [0.2, 0.25) is 0 Å². The van der Waals surface area contributed by atoms with Crippen molar-refractivity contribution < 1.29 is 9.53 Å². The second-order valence-electron chi connectivity index (χ2n) is 4.95. The number of rotatable bonds is 4. The summed E-state index contributed by atoms with van der Waals surface area (Å²) in [7, 11) is 1.80. The Labute approximate surface area is 113 Å². The smallest absolute Gasteiger partial charge is 0.272 e. The zero-order valence-corrected chi connectivity index (χ0v) is 11.6. The molecular weight excluding hydrogens is 244 g/mol. The molecule has 0 spiro atoms. The maximum Gasteiger partial charge on any atom is 0.272 e. The van der Waals surface area contributed by atoms with Crippen LogP contribution in [0.2, 0.25) is 0 Å². The normalized spacial score (nSPS) is 16.9. The first-order valence-corrected chi connectivity index (χ1v) is 6.73. The fourth-order valence-electron chi connectivity index (χ4n) is 2.43. The summed E-state index contributed by atoms with van der Waals surface area (Å²) in [6.45, 7) is 4.51. The molecule has 1 aliphatic heterocycles. The van der Waals surface area contributed by atoms with Crippen molar-refractivity contribution in [1.82, 2.24) is 14.7 Å². The molecule has 0 aliphatic carbocycles. The van der Waals surface area contributed by atoms with Crippen LogP contribution in [0.15, 0.2) is 6.07 Å². The van der Waals surface area contributed by atoms with E-state index in [-0.39, 0.29) is 12.0 Å². The van der Waals surface area contributed by atoms with E-state index < -0.39 is 0 Å². The Hall–Kier alpha value is -1.40. The highest BCUT2D eigenvalue weighted by Gasteiger charge is 2.25. The lowest BCUT2D eigenvalue weighted by molar-refractivity contribution is 0.0118. The van der Waals surface area contributed by atoms with Crippen molar-refractivity contribution >= 4 is 5.91 Å². The number of nitrogens with zero attached hydrogens (tertiary/aromatic N) is 3. The Balaban J connectivity index is 1.91. The van der Waals surface area contributed by atoms with E-state index in [4.69, 9.17) is 10.5 Å². The molecule has 0 atom stereocenters. The van der Waals surface area contributed by atoms with Gasteiger partial charge in [0.15, 0.2) is 0 Å². The highest BCUT2D eigenvalue weighted by Crippen LogP contribution is 2.16. The minimum Gasteiger partial charge on any atom is -0.377 e. The molecule has 1 saturated heterocycles. The van der Waals surface area contributed by atoms with Gasteiger partial charge in [0.1, 0.15) is 5.69 Å². The van der Waals surface area contributed by atoms with Gasteiger partial charge in [-0.2, -0.15) is 5.10 Å². The van der Waals surface area contributed by atoms with Gasteiger partial charge >= 0.3 is 0 Å². The fraction of sp³-hybridized carbons (Fsp3) is 0.692. The third-order valence-electron chi connectivity index (χ3n) is 3.42. The van der Waals surface area contributed by atoms with Crippen LogP contribution in [0.5, 0.6) is 0 Å². The molecule has 1 fully saturated rings. The number of hydrogen-bond donors (Lipinski definition) is 1. The molecule has 1 aliphatic rings. The Morgan fingerprint density at radius 1 is 1.53 bits per heavy atom. The van der Waals surface area contributed by atoms with Gasteiger partial charge in [-0.05, 0) is 25.8 Å². The Morgan fingerprint density at radius 2 is 2.21 bits per heavy atom. The number of carbonyl (C=O) groups excluding carboxylic acids is 1. The largest absolute Gasteiger partial charge is 0.377 e. The Kier molecular flexibility index (Phi) is 4.55. The molecule has 2 heterocycles. The van der Waals surface area contributed by atoms with Crippen LogP contribution in [0.3, 0.4) is 0 Å². The molecule has 106 valence electrons. The van der Waals surface area contributed by atoms with E-state index >= 15 is 0 Å². The quantitative estimate of drug-likeness (QED) is 0.851. The van der Waals surface area contributed by atoms with Gasteiger partial charge in [-0.1, -0.05) is 0 Å². The molecule has 0 unspecified atom stereocenters. The zero-order chi connectivity index (χ0) is 13.8.